The summed E-state index contributed by atoms with van der Waals surface area (Å²) in [4.78, 5) is 24.7. The molecule has 0 spiro atoms. The average Bonchev–Trinajstić information content (AvgIpc) is 2.70. The Morgan fingerprint density at radius 1 is 0.966 bits per heavy atom. The number of hydrogen-bond donors (Lipinski definition) is 1. The second-order valence-corrected chi connectivity index (χ2v) is 8.95. The molecule has 1 aliphatic carbocycles. The topological polar surface area (TPSA) is 55.4 Å². The van der Waals surface area contributed by atoms with Crippen molar-refractivity contribution in [1.82, 2.24) is 0 Å². The number of anilines is 1. The molecule has 2 aromatic rings. The Balaban J connectivity index is 1.78. The van der Waals surface area contributed by atoms with Gasteiger partial charge in [-0.1, -0.05) is 46.4 Å². The summed E-state index contributed by atoms with van der Waals surface area (Å²) in [5.74, 6) is -0.573. The predicted molar refractivity (Wildman–Crippen MR) is 117 cm³/mol. The maximum atomic E-state index is 12.8. The van der Waals surface area contributed by atoms with E-state index in [0.29, 0.717) is 16.8 Å². The highest BCUT2D eigenvalue weighted by atomic mass is 16.5. The van der Waals surface area contributed by atoms with Crippen molar-refractivity contribution in [1.29, 1.82) is 0 Å². The van der Waals surface area contributed by atoms with Crippen molar-refractivity contribution in [2.75, 3.05) is 11.9 Å². The lowest BCUT2D eigenvalue weighted by molar-refractivity contribution is 0.0549. The molecule has 0 fully saturated rings. The van der Waals surface area contributed by atoms with Gasteiger partial charge in [-0.3, -0.25) is 4.79 Å². The van der Waals surface area contributed by atoms with E-state index in [2.05, 4.69) is 45.7 Å². The van der Waals surface area contributed by atoms with Crippen molar-refractivity contribution in [2.45, 2.75) is 51.4 Å². The molecule has 29 heavy (non-hydrogen) atoms. The Morgan fingerprint density at radius 3 is 2.17 bits per heavy atom. The van der Waals surface area contributed by atoms with Crippen LogP contribution in [-0.2, 0) is 15.6 Å². The van der Waals surface area contributed by atoms with Crippen molar-refractivity contribution in [2.24, 2.45) is 0 Å². The van der Waals surface area contributed by atoms with Crippen LogP contribution in [0, 0.1) is 0 Å². The van der Waals surface area contributed by atoms with Crippen LogP contribution >= 0.6 is 0 Å². The van der Waals surface area contributed by atoms with E-state index >= 15 is 0 Å². The fourth-order valence-corrected chi connectivity index (χ4v) is 3.84. The van der Waals surface area contributed by atoms with E-state index in [0.717, 1.165) is 12.8 Å². The number of esters is 1. The van der Waals surface area contributed by atoms with Gasteiger partial charge < -0.3 is 10.1 Å². The molecule has 0 heterocycles. The van der Waals surface area contributed by atoms with E-state index in [1.165, 1.54) is 17.2 Å². The zero-order chi connectivity index (χ0) is 21.2. The van der Waals surface area contributed by atoms with Crippen LogP contribution in [0.5, 0.6) is 0 Å². The molecule has 0 saturated carbocycles. The van der Waals surface area contributed by atoms with Crippen LogP contribution in [0.15, 0.2) is 55.1 Å². The normalized spacial score (nSPS) is 16.4. The molecule has 4 heteroatoms. The lowest BCUT2D eigenvalue weighted by Gasteiger charge is -2.42. The van der Waals surface area contributed by atoms with Crippen molar-refractivity contribution in [3.05, 3.63) is 77.4 Å². The van der Waals surface area contributed by atoms with E-state index in [1.807, 2.05) is 12.1 Å². The molecule has 0 aliphatic heterocycles. The molecule has 152 valence electrons. The minimum atomic E-state index is -0.415. The first-order valence-electron chi connectivity index (χ1n) is 9.98. The predicted octanol–water partition coefficient (Wildman–Crippen LogP) is 5.63. The highest BCUT2D eigenvalue weighted by Gasteiger charge is 2.37. The Hall–Kier alpha value is -2.88. The molecule has 1 N–H and O–H groups in total. The monoisotopic (exact) mass is 391 g/mol. The third-order valence-electron chi connectivity index (χ3n) is 5.83. The van der Waals surface area contributed by atoms with Crippen molar-refractivity contribution >= 4 is 17.6 Å². The zero-order valence-corrected chi connectivity index (χ0v) is 17.7. The summed E-state index contributed by atoms with van der Waals surface area (Å²) >= 11 is 0. The fourth-order valence-electron chi connectivity index (χ4n) is 3.84. The van der Waals surface area contributed by atoms with Crippen LogP contribution in [0.3, 0.4) is 0 Å². The molecule has 0 bridgehead atoms. The fraction of sp³-hybridized carbons (Fsp3) is 0.360. The molecule has 0 saturated heterocycles. The molecular formula is C25H29NO3. The third kappa shape index (κ3) is 4.42. The number of ether oxygens (including phenoxy) is 1. The Bertz CT molecular complexity index is 939. The highest BCUT2D eigenvalue weighted by Crippen LogP contribution is 2.45. The summed E-state index contributed by atoms with van der Waals surface area (Å²) in [6.45, 7) is 12.7. The highest BCUT2D eigenvalue weighted by molar-refractivity contribution is 6.04. The van der Waals surface area contributed by atoms with Gasteiger partial charge in [0, 0.05) is 11.3 Å². The standard InChI is InChI=1S/C25H29NO3/c1-6-15-29-23(28)17-7-10-19(11-8-17)26-22(27)18-9-12-20-21(16-18)25(4,5)14-13-24(20,2)3/h6-12,16H,1,13-15H2,2-5H3,(H,26,27). The average molecular weight is 392 g/mol. The minimum Gasteiger partial charge on any atom is -0.458 e. The molecule has 0 unspecified atom stereocenters. The lowest BCUT2D eigenvalue weighted by Crippen LogP contribution is -2.34. The maximum absolute atomic E-state index is 12.8. The van der Waals surface area contributed by atoms with Gasteiger partial charge in [-0.15, -0.1) is 0 Å². The van der Waals surface area contributed by atoms with E-state index in [9.17, 15) is 9.59 Å². The molecule has 1 amide bonds. The van der Waals surface area contributed by atoms with Crippen molar-refractivity contribution in [3.8, 4) is 0 Å². The number of amides is 1. The van der Waals surface area contributed by atoms with Gasteiger partial charge in [-0.05, 0) is 71.2 Å². The van der Waals surface area contributed by atoms with Gasteiger partial charge in [0.25, 0.3) is 5.91 Å². The van der Waals surface area contributed by atoms with Crippen molar-refractivity contribution < 1.29 is 14.3 Å². The Kier molecular flexibility index (Phi) is 5.65. The smallest absolute Gasteiger partial charge is 0.338 e. The summed E-state index contributed by atoms with van der Waals surface area (Å²) in [5.41, 5.74) is 4.46. The number of nitrogens with one attached hydrogen (secondary N) is 1. The molecule has 0 radical (unpaired) electrons. The minimum absolute atomic E-state index is 0.0502. The SMILES string of the molecule is C=CCOC(=O)c1ccc(NC(=O)c2ccc3c(c2)C(C)(C)CCC3(C)C)cc1. The van der Waals surface area contributed by atoms with Crippen LogP contribution in [-0.4, -0.2) is 18.5 Å². The van der Waals surface area contributed by atoms with Gasteiger partial charge in [0.15, 0.2) is 0 Å². The molecule has 3 rings (SSSR count). The Morgan fingerprint density at radius 2 is 1.55 bits per heavy atom. The summed E-state index contributed by atoms with van der Waals surface area (Å²) in [6, 6.07) is 12.7. The quantitative estimate of drug-likeness (QED) is 0.531. The van der Waals surface area contributed by atoms with Crippen LogP contribution in [0.1, 0.15) is 72.4 Å². The number of benzene rings is 2. The van der Waals surface area contributed by atoms with E-state index < -0.39 is 5.97 Å². The van der Waals surface area contributed by atoms with Gasteiger partial charge in [0.1, 0.15) is 6.61 Å². The second kappa shape index (κ2) is 7.86. The summed E-state index contributed by atoms with van der Waals surface area (Å²) in [7, 11) is 0. The maximum Gasteiger partial charge on any atom is 0.338 e. The van der Waals surface area contributed by atoms with Gasteiger partial charge in [0.05, 0.1) is 5.56 Å². The number of carbonyl (C=O) groups is 2. The van der Waals surface area contributed by atoms with Crippen LogP contribution in [0.4, 0.5) is 5.69 Å². The zero-order valence-electron chi connectivity index (χ0n) is 17.7. The largest absolute Gasteiger partial charge is 0.458 e. The summed E-state index contributed by atoms with van der Waals surface area (Å²) < 4.78 is 5.01. The molecule has 0 aromatic heterocycles. The summed E-state index contributed by atoms with van der Waals surface area (Å²) in [5, 5.41) is 2.92. The number of fused-ring (bicyclic) bond motifs is 1. The number of carbonyl (C=O) groups excluding carboxylic acids is 2. The molecule has 4 nitrogen and oxygen atoms in total. The molecule has 2 aromatic carbocycles. The van der Waals surface area contributed by atoms with Crippen LogP contribution in [0.2, 0.25) is 0 Å². The second-order valence-electron chi connectivity index (χ2n) is 8.95. The number of rotatable bonds is 5. The van der Waals surface area contributed by atoms with Crippen LogP contribution < -0.4 is 5.32 Å². The van der Waals surface area contributed by atoms with Gasteiger partial charge in [-0.2, -0.15) is 0 Å². The molecule has 1 aliphatic rings. The molecule has 0 atom stereocenters. The lowest BCUT2D eigenvalue weighted by atomic mass is 9.63. The first kappa shape index (κ1) is 20.8. The van der Waals surface area contributed by atoms with E-state index in [4.69, 9.17) is 4.74 Å². The van der Waals surface area contributed by atoms with Crippen molar-refractivity contribution in [3.63, 3.8) is 0 Å². The van der Waals surface area contributed by atoms with Gasteiger partial charge >= 0.3 is 5.97 Å². The van der Waals surface area contributed by atoms with Gasteiger partial charge in [0.2, 0.25) is 0 Å². The molecular weight excluding hydrogens is 362 g/mol. The Labute approximate surface area is 173 Å². The van der Waals surface area contributed by atoms with E-state index in [-0.39, 0.29) is 23.3 Å². The first-order valence-corrected chi connectivity index (χ1v) is 9.98. The van der Waals surface area contributed by atoms with Crippen LogP contribution in [0.25, 0.3) is 0 Å². The first-order chi connectivity index (χ1) is 13.6. The number of hydrogen-bond acceptors (Lipinski definition) is 3. The van der Waals surface area contributed by atoms with Gasteiger partial charge in [-0.25, -0.2) is 4.79 Å². The van der Waals surface area contributed by atoms with E-state index in [1.54, 1.807) is 24.3 Å². The third-order valence-corrected chi connectivity index (χ3v) is 5.83. The summed E-state index contributed by atoms with van der Waals surface area (Å²) in [6.07, 6.45) is 3.76.